The number of hydrogen-bond acceptors (Lipinski definition) is 6. The molecule has 0 aromatic carbocycles. The maximum absolute atomic E-state index is 11.8. The molecule has 106 valence electrons. The van der Waals surface area contributed by atoms with Gasteiger partial charge in [-0.05, 0) is 15.9 Å². The van der Waals surface area contributed by atoms with E-state index in [4.69, 9.17) is 19.3 Å². The molecule has 1 aromatic heterocycles. The van der Waals surface area contributed by atoms with E-state index >= 15 is 0 Å². The largest absolute Gasteiger partial charge is 0.480 e. The summed E-state index contributed by atoms with van der Waals surface area (Å²) in [6, 6.07) is 0. The van der Waals surface area contributed by atoms with Gasteiger partial charge >= 0.3 is 0 Å². The first-order valence-electron chi connectivity index (χ1n) is 5.39. The van der Waals surface area contributed by atoms with Gasteiger partial charge in [0.1, 0.15) is 6.10 Å². The second kappa shape index (κ2) is 5.71. The average molecular weight is 353 g/mol. The molecule has 1 atom stereocenters. The first-order valence-corrected chi connectivity index (χ1v) is 7.73. The molecule has 19 heavy (non-hydrogen) atoms. The lowest BCUT2D eigenvalue weighted by Gasteiger charge is -2.26. The number of nitrogens with two attached hydrogens (primary N) is 1. The van der Waals surface area contributed by atoms with Gasteiger partial charge in [-0.1, -0.05) is 0 Å². The zero-order valence-corrected chi connectivity index (χ0v) is 12.5. The predicted molar refractivity (Wildman–Crippen MR) is 69.4 cm³/mol. The minimum Gasteiger partial charge on any atom is -0.480 e. The summed E-state index contributed by atoms with van der Waals surface area (Å²) < 4.78 is 39.8. The zero-order valence-electron chi connectivity index (χ0n) is 10.1. The highest BCUT2D eigenvalue weighted by molar-refractivity contribution is 9.10. The van der Waals surface area contributed by atoms with Crippen LogP contribution < -0.4 is 9.88 Å². The van der Waals surface area contributed by atoms with E-state index in [-0.39, 0.29) is 17.4 Å². The number of ether oxygens (including phenoxy) is 3. The van der Waals surface area contributed by atoms with Gasteiger partial charge in [0.25, 0.3) is 0 Å². The molecule has 7 nitrogen and oxygen atoms in total. The van der Waals surface area contributed by atoms with Crippen molar-refractivity contribution in [2.24, 2.45) is 5.14 Å². The fourth-order valence-corrected chi connectivity index (χ4v) is 3.46. The third-order valence-corrected chi connectivity index (χ3v) is 4.20. The molecule has 1 aliphatic heterocycles. The van der Waals surface area contributed by atoms with E-state index < -0.39 is 16.1 Å². The van der Waals surface area contributed by atoms with E-state index in [1.165, 1.54) is 13.3 Å². The van der Waals surface area contributed by atoms with Gasteiger partial charge in [-0.2, -0.15) is 0 Å². The lowest BCUT2D eigenvalue weighted by atomic mass is 10.1. The van der Waals surface area contributed by atoms with Crippen LogP contribution in [-0.4, -0.2) is 40.3 Å². The van der Waals surface area contributed by atoms with Crippen LogP contribution >= 0.6 is 15.9 Å². The van der Waals surface area contributed by atoms with Crippen molar-refractivity contribution < 1.29 is 22.6 Å². The summed E-state index contributed by atoms with van der Waals surface area (Å²) in [4.78, 5) is 3.71. The molecule has 9 heteroatoms. The van der Waals surface area contributed by atoms with Crippen LogP contribution in [0.1, 0.15) is 11.7 Å². The second-order valence-corrected chi connectivity index (χ2v) is 6.19. The highest BCUT2D eigenvalue weighted by Gasteiger charge is 2.30. The normalized spacial score (nSPS) is 20.3. The number of aromatic nitrogens is 1. The summed E-state index contributed by atoms with van der Waals surface area (Å²) in [7, 11) is -2.67. The maximum atomic E-state index is 11.8. The van der Waals surface area contributed by atoms with E-state index in [9.17, 15) is 8.42 Å². The van der Waals surface area contributed by atoms with Crippen molar-refractivity contribution in [2.75, 3.05) is 26.9 Å². The topological polar surface area (TPSA) is 101 Å². The average Bonchev–Trinajstić information content (AvgIpc) is 2.38. The van der Waals surface area contributed by atoms with Crippen LogP contribution in [0.25, 0.3) is 0 Å². The number of nitrogens with zero attached hydrogens (tertiary/aromatic N) is 1. The zero-order chi connectivity index (χ0) is 14.0. The highest BCUT2D eigenvalue weighted by Crippen LogP contribution is 2.36. The highest BCUT2D eigenvalue weighted by atomic mass is 79.9. The van der Waals surface area contributed by atoms with Gasteiger partial charge in [0.05, 0.1) is 26.9 Å². The molecular weight excluding hydrogens is 340 g/mol. The Labute approximate surface area is 119 Å². The molecule has 0 aliphatic carbocycles. The van der Waals surface area contributed by atoms with E-state index in [1.54, 1.807) is 0 Å². The summed E-state index contributed by atoms with van der Waals surface area (Å²) in [6.07, 6.45) is 0.911. The van der Waals surface area contributed by atoms with E-state index in [2.05, 4.69) is 20.9 Å². The maximum Gasteiger partial charge on any atom is 0.243 e. The van der Waals surface area contributed by atoms with Crippen LogP contribution in [0.2, 0.25) is 0 Å². The molecule has 1 aliphatic rings. The predicted octanol–water partition coefficient (Wildman–Crippen LogP) is 0.588. The molecule has 1 aromatic rings. The SMILES string of the molecule is COc1ncc(Br)c(C2COCCO2)c1S(N)(=O)=O. The van der Waals surface area contributed by atoms with Crippen molar-refractivity contribution in [1.82, 2.24) is 4.98 Å². The number of primary sulfonamides is 1. The Hall–Kier alpha value is -0.740. The lowest BCUT2D eigenvalue weighted by Crippen LogP contribution is -2.26. The molecule has 1 saturated heterocycles. The first-order chi connectivity index (χ1) is 8.95. The van der Waals surface area contributed by atoms with E-state index in [0.717, 1.165) is 0 Å². The molecule has 1 fully saturated rings. The summed E-state index contributed by atoms with van der Waals surface area (Å²) >= 11 is 3.26. The molecular formula is C10H13BrN2O5S. The van der Waals surface area contributed by atoms with Crippen molar-refractivity contribution in [3.05, 3.63) is 16.2 Å². The van der Waals surface area contributed by atoms with Crippen LogP contribution in [0.4, 0.5) is 0 Å². The lowest BCUT2D eigenvalue weighted by molar-refractivity contribution is -0.0916. The van der Waals surface area contributed by atoms with Crippen molar-refractivity contribution in [1.29, 1.82) is 0 Å². The molecule has 0 amide bonds. The van der Waals surface area contributed by atoms with Gasteiger partial charge in [0.2, 0.25) is 15.9 Å². The molecule has 2 N–H and O–H groups in total. The fraction of sp³-hybridized carbons (Fsp3) is 0.500. The summed E-state index contributed by atoms with van der Waals surface area (Å²) in [5, 5.41) is 5.24. The third kappa shape index (κ3) is 3.06. The molecule has 0 bridgehead atoms. The fourth-order valence-electron chi connectivity index (χ4n) is 1.84. The molecule has 2 heterocycles. The minimum atomic E-state index is -4.00. The summed E-state index contributed by atoms with van der Waals surface area (Å²) in [5.74, 6) is -0.0603. The van der Waals surface area contributed by atoms with Gasteiger partial charge in [-0.3, -0.25) is 0 Å². The van der Waals surface area contributed by atoms with Gasteiger partial charge < -0.3 is 14.2 Å². The molecule has 1 unspecified atom stereocenters. The number of hydrogen-bond donors (Lipinski definition) is 1. The second-order valence-electron chi connectivity index (χ2n) is 3.84. The van der Waals surface area contributed by atoms with Crippen LogP contribution in [0.5, 0.6) is 5.88 Å². The van der Waals surface area contributed by atoms with Crippen molar-refractivity contribution in [3.8, 4) is 5.88 Å². The number of sulfonamides is 1. The quantitative estimate of drug-likeness (QED) is 0.854. The van der Waals surface area contributed by atoms with Crippen molar-refractivity contribution >= 4 is 26.0 Å². The Morgan fingerprint density at radius 2 is 2.26 bits per heavy atom. The first kappa shape index (κ1) is 14.7. The number of pyridine rings is 1. The summed E-state index contributed by atoms with van der Waals surface area (Å²) in [5.41, 5.74) is 0.369. The van der Waals surface area contributed by atoms with Crippen molar-refractivity contribution in [3.63, 3.8) is 0 Å². The Bertz CT molecular complexity index is 572. The standard InChI is InChI=1S/C10H13BrN2O5S/c1-16-10-9(19(12,14)15)8(6(11)4-13-10)7-5-17-2-3-18-7/h4,7H,2-3,5H2,1H3,(H2,12,14,15). The van der Waals surface area contributed by atoms with Gasteiger partial charge in [-0.25, -0.2) is 18.5 Å². The monoisotopic (exact) mass is 352 g/mol. The van der Waals surface area contributed by atoms with E-state index in [0.29, 0.717) is 23.2 Å². The Morgan fingerprint density at radius 3 is 2.79 bits per heavy atom. The minimum absolute atomic E-state index is 0.0603. The number of methoxy groups -OCH3 is 1. The van der Waals surface area contributed by atoms with Crippen LogP contribution in [-0.2, 0) is 19.5 Å². The van der Waals surface area contributed by atoms with Gasteiger partial charge in [-0.15, -0.1) is 0 Å². The molecule has 2 rings (SSSR count). The number of rotatable bonds is 3. The Balaban J connectivity index is 2.63. The number of halogens is 1. The Morgan fingerprint density at radius 1 is 1.53 bits per heavy atom. The van der Waals surface area contributed by atoms with Crippen molar-refractivity contribution in [2.45, 2.75) is 11.0 Å². The molecule has 0 saturated carbocycles. The molecule has 0 spiro atoms. The Kier molecular flexibility index (Phi) is 4.41. The summed E-state index contributed by atoms with van der Waals surface area (Å²) in [6.45, 7) is 1.10. The smallest absolute Gasteiger partial charge is 0.243 e. The van der Waals surface area contributed by atoms with E-state index in [1.807, 2.05) is 0 Å². The van der Waals surface area contributed by atoms with Gasteiger partial charge in [0.15, 0.2) is 4.90 Å². The van der Waals surface area contributed by atoms with Crippen LogP contribution in [0, 0.1) is 0 Å². The third-order valence-electron chi connectivity index (χ3n) is 2.61. The molecule has 0 radical (unpaired) electrons. The van der Waals surface area contributed by atoms with Gasteiger partial charge in [0, 0.05) is 16.2 Å². The van der Waals surface area contributed by atoms with Crippen LogP contribution in [0.3, 0.4) is 0 Å². The van der Waals surface area contributed by atoms with Crippen LogP contribution in [0.15, 0.2) is 15.6 Å².